The van der Waals surface area contributed by atoms with Crippen molar-refractivity contribution in [1.82, 2.24) is 35.4 Å². The van der Waals surface area contributed by atoms with E-state index in [0.717, 1.165) is 27.3 Å². The number of hydrogen-bond donors (Lipinski definition) is 4. The number of rotatable bonds is 12. The van der Waals surface area contributed by atoms with E-state index in [9.17, 15) is 33.5 Å². The molecule has 0 unspecified atom stereocenters. The Labute approximate surface area is 364 Å². The van der Waals surface area contributed by atoms with Gasteiger partial charge in [-0.3, -0.25) is 19.7 Å². The fourth-order valence-corrected chi connectivity index (χ4v) is 9.34. The summed E-state index contributed by atoms with van der Waals surface area (Å²) in [5.74, 6) is -2.45. The minimum atomic E-state index is -2.81. The van der Waals surface area contributed by atoms with Crippen LogP contribution in [0.2, 0.25) is 0 Å². The molecule has 62 heavy (non-hydrogen) atoms. The summed E-state index contributed by atoms with van der Waals surface area (Å²) in [5.41, 5.74) is 5.38. The number of aryl methyl sites for hydroxylation is 1. The summed E-state index contributed by atoms with van der Waals surface area (Å²) < 4.78 is 28.6. The molecular formula is C45H54F2N10O4S. The zero-order chi connectivity index (χ0) is 44.3. The summed E-state index contributed by atoms with van der Waals surface area (Å²) in [6.07, 6.45) is 1.71. The highest BCUT2D eigenvalue weighted by Gasteiger charge is 2.44. The zero-order valence-electron chi connectivity index (χ0n) is 35.7. The smallest absolute Gasteiger partial charge is 0.266 e. The van der Waals surface area contributed by atoms with Crippen LogP contribution < -0.4 is 20.9 Å². The monoisotopic (exact) mass is 868 g/mol. The predicted molar refractivity (Wildman–Crippen MR) is 233 cm³/mol. The van der Waals surface area contributed by atoms with Gasteiger partial charge in [-0.1, -0.05) is 45.0 Å². The van der Waals surface area contributed by atoms with Gasteiger partial charge in [0.25, 0.3) is 5.92 Å². The standard InChI is InChI=1S/C45H54F2N10O4S/c1-27(30-6-8-32(9-7-30)40-28(2)51-26-62-40)52-42(60)35-21-34(58)24-57(35)43(61)41(44(3,4)5)50-23-39(59)55-15-11-31(12-16-55)33-19-37(53-36-18-29(22-48)10-14-49-36)54-38(20-33)56-17-13-45(46,47)25-56/h6-10,14,18-20,26-27,31,34-35,41,50,58H,11-13,15-17,21,23-25H2,1-5H3,(H,52,60)(H,49,53,54)/t27-,34+,35-,41+/m0/s1. The van der Waals surface area contributed by atoms with Crippen LogP contribution in [0.5, 0.6) is 0 Å². The molecule has 4 atom stereocenters. The molecule has 0 bridgehead atoms. The molecule has 1 aromatic carbocycles. The van der Waals surface area contributed by atoms with Gasteiger partial charge in [0.15, 0.2) is 0 Å². The van der Waals surface area contributed by atoms with Gasteiger partial charge in [0, 0.05) is 45.2 Å². The van der Waals surface area contributed by atoms with E-state index in [2.05, 4.69) is 37.0 Å². The molecule has 4 aromatic rings. The van der Waals surface area contributed by atoms with Crippen LogP contribution >= 0.6 is 11.3 Å². The fourth-order valence-electron chi connectivity index (χ4n) is 8.52. The number of pyridine rings is 2. The molecule has 4 N–H and O–H groups in total. The van der Waals surface area contributed by atoms with Gasteiger partial charge in [0.2, 0.25) is 17.7 Å². The lowest BCUT2D eigenvalue weighted by Gasteiger charge is -2.37. The van der Waals surface area contributed by atoms with Gasteiger partial charge < -0.3 is 30.4 Å². The third-order valence-corrected chi connectivity index (χ3v) is 13.0. The molecule has 3 saturated heterocycles. The van der Waals surface area contributed by atoms with Crippen molar-refractivity contribution in [1.29, 1.82) is 5.26 Å². The van der Waals surface area contributed by atoms with Crippen LogP contribution in [0.15, 0.2) is 60.2 Å². The Morgan fingerprint density at radius 3 is 2.44 bits per heavy atom. The van der Waals surface area contributed by atoms with Crippen LogP contribution in [0.3, 0.4) is 0 Å². The average molecular weight is 869 g/mol. The largest absolute Gasteiger partial charge is 0.391 e. The van der Waals surface area contributed by atoms with Crippen LogP contribution in [0.4, 0.5) is 26.2 Å². The highest BCUT2D eigenvalue weighted by atomic mass is 32.1. The van der Waals surface area contributed by atoms with Gasteiger partial charge in [-0.15, -0.1) is 11.3 Å². The van der Waals surface area contributed by atoms with Crippen molar-refractivity contribution in [2.75, 3.05) is 49.5 Å². The highest BCUT2D eigenvalue weighted by molar-refractivity contribution is 7.13. The number of alkyl halides is 2. The van der Waals surface area contributed by atoms with Crippen molar-refractivity contribution < 1.29 is 28.3 Å². The Morgan fingerprint density at radius 2 is 1.79 bits per heavy atom. The number of thiazole rings is 1. The summed E-state index contributed by atoms with van der Waals surface area (Å²) in [5, 5.41) is 29.5. The number of likely N-dealkylation sites (tertiary alicyclic amines) is 2. The number of carbonyl (C=O) groups excluding carboxylic acids is 3. The quantitative estimate of drug-likeness (QED) is 0.133. The molecule has 3 aromatic heterocycles. The van der Waals surface area contributed by atoms with Gasteiger partial charge >= 0.3 is 0 Å². The van der Waals surface area contributed by atoms with E-state index in [-0.39, 0.29) is 62.2 Å². The van der Waals surface area contributed by atoms with Crippen molar-refractivity contribution in [3.63, 3.8) is 0 Å². The number of nitriles is 1. The lowest BCUT2D eigenvalue weighted by atomic mass is 9.85. The maximum atomic E-state index is 14.3. The molecule has 0 spiro atoms. The molecule has 0 radical (unpaired) electrons. The minimum absolute atomic E-state index is 0.000819. The number of aliphatic hydroxyl groups is 1. The zero-order valence-corrected chi connectivity index (χ0v) is 36.5. The van der Waals surface area contributed by atoms with Crippen molar-refractivity contribution in [2.45, 2.75) is 96.4 Å². The molecule has 3 aliphatic rings. The summed E-state index contributed by atoms with van der Waals surface area (Å²) in [7, 11) is 0. The van der Waals surface area contributed by atoms with Crippen LogP contribution in [0, 0.1) is 23.7 Å². The number of hydrogen-bond acceptors (Lipinski definition) is 12. The number of aromatic nitrogens is 3. The maximum Gasteiger partial charge on any atom is 0.266 e. The first-order valence-electron chi connectivity index (χ1n) is 21.1. The lowest BCUT2D eigenvalue weighted by molar-refractivity contribution is -0.143. The summed E-state index contributed by atoms with van der Waals surface area (Å²) in [6.45, 7) is 10.0. The van der Waals surface area contributed by atoms with Gasteiger partial charge in [0.05, 0.1) is 59.0 Å². The number of aliphatic hydroxyl groups excluding tert-OH is 1. The van der Waals surface area contributed by atoms with Crippen LogP contribution in [-0.2, 0) is 14.4 Å². The van der Waals surface area contributed by atoms with Crippen LogP contribution in [0.25, 0.3) is 10.4 Å². The number of nitrogens with zero attached hydrogens (tertiary/aromatic N) is 7. The summed E-state index contributed by atoms with van der Waals surface area (Å²) >= 11 is 1.57. The van der Waals surface area contributed by atoms with E-state index < -0.39 is 36.1 Å². The maximum absolute atomic E-state index is 14.3. The van der Waals surface area contributed by atoms with E-state index in [1.807, 2.05) is 76.5 Å². The van der Waals surface area contributed by atoms with E-state index in [1.54, 1.807) is 33.3 Å². The first-order chi connectivity index (χ1) is 29.5. The Morgan fingerprint density at radius 1 is 1.05 bits per heavy atom. The number of benzene rings is 1. The molecule has 3 aliphatic heterocycles. The van der Waals surface area contributed by atoms with E-state index in [0.29, 0.717) is 48.9 Å². The second kappa shape index (κ2) is 18.4. The second-order valence-electron chi connectivity index (χ2n) is 17.7. The topological polar surface area (TPSA) is 180 Å². The molecule has 328 valence electrons. The normalized spacial score (nSPS) is 20.1. The summed E-state index contributed by atoms with van der Waals surface area (Å²) in [6, 6.07) is 14.8. The predicted octanol–water partition coefficient (Wildman–Crippen LogP) is 5.92. The van der Waals surface area contributed by atoms with Crippen molar-refractivity contribution >= 4 is 46.5 Å². The average Bonchev–Trinajstić information content (AvgIpc) is 3.97. The fraction of sp³-hybridized carbons (Fsp3) is 0.489. The molecular weight excluding hydrogens is 815 g/mol. The number of carbonyl (C=O) groups is 3. The number of anilines is 3. The third kappa shape index (κ3) is 10.4. The molecule has 6 heterocycles. The molecule has 3 amide bonds. The van der Waals surface area contributed by atoms with Gasteiger partial charge in [-0.05, 0) is 79.0 Å². The van der Waals surface area contributed by atoms with Crippen LogP contribution in [-0.4, -0.2) is 111 Å². The Balaban J connectivity index is 0.970. The number of nitrogens with one attached hydrogen (secondary N) is 3. The number of piperidine rings is 1. The lowest BCUT2D eigenvalue weighted by Crippen LogP contribution is -2.58. The number of halogens is 2. The Bertz CT molecular complexity index is 2300. The molecule has 0 aliphatic carbocycles. The molecule has 3 fully saturated rings. The second-order valence-corrected chi connectivity index (χ2v) is 18.5. The third-order valence-electron chi connectivity index (χ3n) is 12.0. The SMILES string of the molecule is Cc1ncsc1-c1ccc([C@H](C)NC(=O)[C@@H]2C[C@@H](O)CN2C(=O)[C@@H](NCC(=O)N2CCC(c3cc(Nc4cc(C#N)ccn4)nc(N4CCC(F)(F)C4)c3)CC2)C(C)(C)C)cc1. The van der Waals surface area contributed by atoms with Crippen LogP contribution in [0.1, 0.15) is 87.7 Å². The first kappa shape index (κ1) is 44.5. The van der Waals surface area contributed by atoms with E-state index in [1.165, 1.54) is 11.1 Å². The Kier molecular flexibility index (Phi) is 13.2. The Hall–Kier alpha value is -5.57. The van der Waals surface area contributed by atoms with Gasteiger partial charge in [0.1, 0.15) is 23.5 Å². The van der Waals surface area contributed by atoms with E-state index in [4.69, 9.17) is 0 Å². The van der Waals surface area contributed by atoms with E-state index >= 15 is 0 Å². The summed E-state index contributed by atoms with van der Waals surface area (Å²) in [4.78, 5) is 60.9. The van der Waals surface area contributed by atoms with Gasteiger partial charge in [-0.2, -0.15) is 5.26 Å². The minimum Gasteiger partial charge on any atom is -0.391 e. The number of β-amino-alcohol motifs (C(OH)–C–C–N with tert-alkyl or cyclic N) is 1. The molecule has 0 saturated carbocycles. The number of amides is 3. The van der Waals surface area contributed by atoms with Crippen molar-refractivity contribution in [3.05, 3.63) is 82.6 Å². The van der Waals surface area contributed by atoms with Crippen molar-refractivity contribution in [2.24, 2.45) is 5.41 Å². The van der Waals surface area contributed by atoms with Crippen molar-refractivity contribution in [3.8, 4) is 16.5 Å². The highest BCUT2D eigenvalue weighted by Crippen LogP contribution is 2.36. The first-order valence-corrected chi connectivity index (χ1v) is 21.9. The molecule has 17 heteroatoms. The molecule has 14 nitrogen and oxygen atoms in total. The van der Waals surface area contributed by atoms with Gasteiger partial charge in [-0.25, -0.2) is 23.7 Å². The molecule has 7 rings (SSSR count).